The first-order valence-corrected chi connectivity index (χ1v) is 10.2. The number of hydrogen-bond acceptors (Lipinski definition) is 7. The Bertz CT molecular complexity index is 1170. The first-order chi connectivity index (χ1) is 15.1. The van der Waals surface area contributed by atoms with Crippen molar-refractivity contribution < 1.29 is 18.4 Å². The molecule has 5 rings (SSSR count). The monoisotopic (exact) mass is 460 g/mol. The summed E-state index contributed by atoms with van der Waals surface area (Å²) in [5.74, 6) is 1.29. The van der Waals surface area contributed by atoms with Crippen molar-refractivity contribution in [1.82, 2.24) is 25.2 Å². The molecule has 4 heterocycles. The van der Waals surface area contributed by atoms with Crippen LogP contribution < -0.4 is 10.1 Å². The summed E-state index contributed by atoms with van der Waals surface area (Å²) >= 11 is 0. The molecule has 0 bridgehead atoms. The van der Waals surface area contributed by atoms with Crippen LogP contribution in [0.3, 0.4) is 0 Å². The molecule has 32 heavy (non-hydrogen) atoms. The lowest BCUT2D eigenvalue weighted by Gasteiger charge is -2.26. The van der Waals surface area contributed by atoms with E-state index in [1.54, 1.807) is 23.0 Å². The molecule has 2 aliphatic heterocycles. The minimum atomic E-state index is -0.407. The molecule has 0 aliphatic carbocycles. The molecule has 0 saturated carbocycles. The molecule has 0 atom stereocenters. The highest BCUT2D eigenvalue weighted by Crippen LogP contribution is 2.28. The standard InChI is InChI=1S/C21H21FN6O3.ClH/c1-30-14-3-2-13(16(22)9-14)8-19-26-20(27-31-19)15-11-24-28-17(15)10-18(29)25-21(28)12-4-6-23-7-5-12;/h2-3,9,11-12,23H,4-8,10H2,1H3;1H. The smallest absolute Gasteiger partial charge is 0.253 e. The van der Waals surface area contributed by atoms with E-state index in [4.69, 9.17) is 9.26 Å². The number of carbonyl (C=O) groups is 1. The number of halogens is 2. The quantitative estimate of drug-likeness (QED) is 0.623. The van der Waals surface area contributed by atoms with Crippen molar-refractivity contribution in [2.45, 2.75) is 25.7 Å². The van der Waals surface area contributed by atoms with Crippen LogP contribution in [0.4, 0.5) is 4.39 Å². The van der Waals surface area contributed by atoms with E-state index in [2.05, 4.69) is 25.5 Å². The maximum atomic E-state index is 14.3. The Labute approximate surface area is 189 Å². The average molecular weight is 461 g/mol. The molecule has 2 aromatic heterocycles. The van der Waals surface area contributed by atoms with Crippen LogP contribution in [0.15, 0.2) is 33.9 Å². The lowest BCUT2D eigenvalue weighted by Crippen LogP contribution is -2.38. The van der Waals surface area contributed by atoms with Crippen molar-refractivity contribution in [3.8, 4) is 17.1 Å². The van der Waals surface area contributed by atoms with Gasteiger partial charge in [-0.2, -0.15) is 15.1 Å². The Balaban J connectivity index is 0.00000245. The van der Waals surface area contributed by atoms with Gasteiger partial charge in [-0.05, 0) is 37.6 Å². The topological polar surface area (TPSA) is 107 Å². The van der Waals surface area contributed by atoms with Gasteiger partial charge in [0, 0.05) is 12.0 Å². The number of rotatable bonds is 5. The van der Waals surface area contributed by atoms with Crippen LogP contribution in [-0.4, -0.2) is 51.9 Å². The minimum Gasteiger partial charge on any atom is -0.497 e. The molecule has 1 amide bonds. The molecular formula is C21H22ClFN6O3. The highest BCUT2D eigenvalue weighted by molar-refractivity contribution is 6.01. The second-order valence-electron chi connectivity index (χ2n) is 7.63. The lowest BCUT2D eigenvalue weighted by molar-refractivity contribution is -0.117. The van der Waals surface area contributed by atoms with Crippen molar-refractivity contribution in [2.75, 3.05) is 20.2 Å². The molecular weight excluding hydrogens is 439 g/mol. The number of hydrogen-bond donors (Lipinski definition) is 1. The number of ether oxygens (including phenoxy) is 1. The van der Waals surface area contributed by atoms with Gasteiger partial charge in [0.05, 0.1) is 37.4 Å². The number of fused-ring (bicyclic) bond motifs is 1. The first kappa shape index (κ1) is 22.1. The van der Waals surface area contributed by atoms with Crippen LogP contribution >= 0.6 is 12.4 Å². The Morgan fingerprint density at radius 2 is 2.12 bits per heavy atom. The molecule has 1 saturated heterocycles. The van der Waals surface area contributed by atoms with Crippen LogP contribution in [0.1, 0.15) is 30.0 Å². The predicted molar refractivity (Wildman–Crippen MR) is 116 cm³/mol. The van der Waals surface area contributed by atoms with Crippen LogP contribution in [0.5, 0.6) is 5.75 Å². The van der Waals surface area contributed by atoms with E-state index >= 15 is 0 Å². The predicted octanol–water partition coefficient (Wildman–Crippen LogP) is 2.42. The van der Waals surface area contributed by atoms with E-state index < -0.39 is 5.82 Å². The number of benzene rings is 1. The molecule has 11 heteroatoms. The Hall–Kier alpha value is -3.11. The van der Waals surface area contributed by atoms with Crippen molar-refractivity contribution in [3.63, 3.8) is 0 Å². The summed E-state index contributed by atoms with van der Waals surface area (Å²) in [7, 11) is 1.48. The van der Waals surface area contributed by atoms with E-state index in [0.717, 1.165) is 25.9 Å². The van der Waals surface area contributed by atoms with Gasteiger partial charge in [-0.25, -0.2) is 9.07 Å². The number of nitrogens with zero attached hydrogens (tertiary/aromatic N) is 5. The van der Waals surface area contributed by atoms with Gasteiger partial charge >= 0.3 is 0 Å². The Morgan fingerprint density at radius 3 is 2.88 bits per heavy atom. The summed E-state index contributed by atoms with van der Waals surface area (Å²) in [6.07, 6.45) is 3.71. The van der Waals surface area contributed by atoms with Gasteiger partial charge < -0.3 is 14.6 Å². The van der Waals surface area contributed by atoms with E-state index in [-0.39, 0.29) is 43.0 Å². The second kappa shape index (κ2) is 9.17. The van der Waals surface area contributed by atoms with Gasteiger partial charge in [-0.1, -0.05) is 11.2 Å². The maximum absolute atomic E-state index is 14.3. The van der Waals surface area contributed by atoms with Crippen molar-refractivity contribution in [3.05, 3.63) is 47.4 Å². The number of nitrogens with one attached hydrogen (secondary N) is 1. The van der Waals surface area contributed by atoms with Crippen molar-refractivity contribution >= 4 is 24.1 Å². The van der Waals surface area contributed by atoms with Crippen LogP contribution in [0.2, 0.25) is 0 Å². The zero-order chi connectivity index (χ0) is 21.4. The molecule has 9 nitrogen and oxygen atoms in total. The van der Waals surface area contributed by atoms with Crippen molar-refractivity contribution in [1.29, 1.82) is 0 Å². The van der Waals surface area contributed by atoms with Gasteiger partial charge in [0.1, 0.15) is 17.4 Å². The van der Waals surface area contributed by atoms with Crippen molar-refractivity contribution in [2.24, 2.45) is 10.9 Å². The summed E-state index contributed by atoms with van der Waals surface area (Å²) < 4.78 is 26.4. The van der Waals surface area contributed by atoms with Crippen LogP contribution in [0.25, 0.3) is 11.4 Å². The molecule has 2 aliphatic rings. The summed E-state index contributed by atoms with van der Waals surface area (Å²) in [6.45, 7) is 1.77. The number of carbonyl (C=O) groups excluding carboxylic acids is 1. The zero-order valence-electron chi connectivity index (χ0n) is 17.4. The lowest BCUT2D eigenvalue weighted by atomic mass is 9.95. The molecule has 0 radical (unpaired) electrons. The van der Waals surface area contributed by atoms with E-state index in [0.29, 0.717) is 34.2 Å². The molecule has 3 aromatic rings. The number of methoxy groups -OCH3 is 1. The van der Waals surface area contributed by atoms with Crippen LogP contribution in [0, 0.1) is 11.7 Å². The van der Waals surface area contributed by atoms with E-state index in [1.165, 1.54) is 13.2 Å². The molecule has 0 unspecified atom stereocenters. The fourth-order valence-electron chi connectivity index (χ4n) is 4.03. The maximum Gasteiger partial charge on any atom is 0.253 e. The number of piperidine rings is 1. The summed E-state index contributed by atoms with van der Waals surface area (Å²) in [6, 6.07) is 4.62. The normalized spacial score (nSPS) is 16.3. The molecule has 1 N–H and O–H groups in total. The molecule has 168 valence electrons. The first-order valence-electron chi connectivity index (χ1n) is 10.2. The van der Waals surface area contributed by atoms with Crippen LogP contribution in [-0.2, 0) is 17.6 Å². The minimum absolute atomic E-state index is 0. The average Bonchev–Trinajstić information content (AvgIpc) is 3.42. The largest absolute Gasteiger partial charge is 0.497 e. The number of aliphatic imine (C=N–C) groups is 1. The summed E-state index contributed by atoms with van der Waals surface area (Å²) in [5, 5.41) is 11.8. The van der Waals surface area contributed by atoms with E-state index in [9.17, 15) is 9.18 Å². The highest BCUT2D eigenvalue weighted by atomic mass is 35.5. The third-order valence-corrected chi connectivity index (χ3v) is 5.66. The third kappa shape index (κ3) is 4.15. The summed E-state index contributed by atoms with van der Waals surface area (Å²) in [5.41, 5.74) is 1.75. The van der Waals surface area contributed by atoms with Gasteiger partial charge in [0.25, 0.3) is 5.91 Å². The fourth-order valence-corrected chi connectivity index (χ4v) is 4.03. The highest BCUT2D eigenvalue weighted by Gasteiger charge is 2.30. The number of aromatic nitrogens is 4. The van der Waals surface area contributed by atoms with Gasteiger partial charge in [-0.15, -0.1) is 12.4 Å². The summed E-state index contributed by atoms with van der Waals surface area (Å²) in [4.78, 5) is 21.0. The zero-order valence-corrected chi connectivity index (χ0v) is 18.2. The third-order valence-electron chi connectivity index (χ3n) is 5.66. The number of amides is 1. The Kier molecular flexibility index (Phi) is 6.33. The molecule has 1 fully saturated rings. The fraction of sp³-hybridized carbons (Fsp3) is 0.381. The Morgan fingerprint density at radius 1 is 1.31 bits per heavy atom. The molecule has 1 aromatic carbocycles. The van der Waals surface area contributed by atoms with Gasteiger partial charge in [0.15, 0.2) is 0 Å². The SMILES string of the molecule is COc1ccc(Cc2nc(-c3cnn4c3CC(=O)N=C4C3CCNCC3)no2)c(F)c1.Cl. The van der Waals surface area contributed by atoms with Gasteiger partial charge in [-0.3, -0.25) is 4.79 Å². The molecule has 0 spiro atoms. The van der Waals surface area contributed by atoms with E-state index in [1.807, 2.05) is 0 Å². The van der Waals surface area contributed by atoms with Gasteiger partial charge in [0.2, 0.25) is 11.7 Å². The second-order valence-corrected chi connectivity index (χ2v) is 7.63.